The van der Waals surface area contributed by atoms with Gasteiger partial charge < -0.3 is 20.5 Å². The Morgan fingerprint density at radius 2 is 2.18 bits per heavy atom. The zero-order valence-corrected chi connectivity index (χ0v) is 13.5. The first kappa shape index (κ1) is 16.1. The number of carbonyl (C=O) groups is 1. The number of nitrogens with two attached hydrogens (primary N) is 1. The highest BCUT2D eigenvalue weighted by molar-refractivity contribution is 5.86. The molecule has 0 spiro atoms. The molecule has 6 nitrogen and oxygen atoms in total. The van der Waals surface area contributed by atoms with Crippen molar-refractivity contribution in [2.75, 3.05) is 12.3 Å². The van der Waals surface area contributed by atoms with Crippen molar-refractivity contribution in [1.29, 1.82) is 0 Å². The number of anilines is 1. The van der Waals surface area contributed by atoms with Gasteiger partial charge in [-0.3, -0.25) is 4.99 Å². The third-order valence-corrected chi connectivity index (χ3v) is 3.02. The highest BCUT2D eigenvalue weighted by atomic mass is 16.6. The number of fused-ring (bicyclic) bond motifs is 1. The van der Waals surface area contributed by atoms with E-state index in [0.29, 0.717) is 24.6 Å². The average Bonchev–Trinajstić information content (AvgIpc) is 2.80. The lowest BCUT2D eigenvalue weighted by Gasteiger charge is -2.22. The second kappa shape index (κ2) is 6.25. The fourth-order valence-corrected chi connectivity index (χ4v) is 2.05. The number of nitrogens with zero attached hydrogens (tertiary/aromatic N) is 1. The summed E-state index contributed by atoms with van der Waals surface area (Å²) in [4.78, 5) is 15.9. The van der Waals surface area contributed by atoms with Gasteiger partial charge >= 0.3 is 6.09 Å². The van der Waals surface area contributed by atoms with E-state index >= 15 is 0 Å². The van der Waals surface area contributed by atoms with Gasteiger partial charge in [-0.25, -0.2) is 4.79 Å². The van der Waals surface area contributed by atoms with E-state index < -0.39 is 11.7 Å². The molecule has 0 bridgehead atoms. The van der Waals surface area contributed by atoms with Gasteiger partial charge in [-0.05, 0) is 51.0 Å². The fraction of sp³-hybridized carbons (Fsp3) is 0.500. The van der Waals surface area contributed by atoms with Gasteiger partial charge in [0.15, 0.2) is 0 Å². The van der Waals surface area contributed by atoms with E-state index in [-0.39, 0.29) is 6.04 Å². The number of hydrogen-bond donors (Lipinski definition) is 2. The number of ether oxygens (including phenoxy) is 2. The molecule has 0 aliphatic carbocycles. The topological polar surface area (TPSA) is 85.9 Å². The lowest BCUT2D eigenvalue weighted by atomic mass is 10.1. The lowest BCUT2D eigenvalue weighted by Crippen LogP contribution is -2.40. The van der Waals surface area contributed by atoms with Crippen molar-refractivity contribution in [3.8, 4) is 5.75 Å². The molecule has 1 amide bonds. The highest BCUT2D eigenvalue weighted by Gasteiger charge is 2.18. The van der Waals surface area contributed by atoms with E-state index in [1.54, 1.807) is 0 Å². The molecule has 1 aromatic rings. The van der Waals surface area contributed by atoms with E-state index in [2.05, 4.69) is 10.3 Å². The summed E-state index contributed by atoms with van der Waals surface area (Å²) in [6.07, 6.45) is 1.35. The molecule has 2 rings (SSSR count). The van der Waals surface area contributed by atoms with Crippen molar-refractivity contribution in [3.05, 3.63) is 23.3 Å². The van der Waals surface area contributed by atoms with Crippen LogP contribution in [0, 0.1) is 0 Å². The van der Waals surface area contributed by atoms with Crippen LogP contribution in [0.4, 0.5) is 10.5 Å². The SMILES string of the molecule is C[C@H](COc1cc2c(cc1N)C=NC2)NC(=O)OC(C)(C)C. The number of nitrogen functional groups attached to an aromatic ring is 1. The van der Waals surface area contributed by atoms with Gasteiger partial charge in [0.25, 0.3) is 0 Å². The first-order valence-electron chi connectivity index (χ1n) is 7.29. The first-order chi connectivity index (χ1) is 10.2. The van der Waals surface area contributed by atoms with E-state index in [4.69, 9.17) is 15.2 Å². The number of amides is 1. The van der Waals surface area contributed by atoms with Crippen LogP contribution in [0.5, 0.6) is 5.75 Å². The Labute approximate surface area is 130 Å². The van der Waals surface area contributed by atoms with Gasteiger partial charge in [-0.1, -0.05) is 0 Å². The molecule has 0 saturated carbocycles. The largest absolute Gasteiger partial charge is 0.489 e. The van der Waals surface area contributed by atoms with Crippen LogP contribution >= 0.6 is 0 Å². The second-order valence-corrected chi connectivity index (χ2v) is 6.42. The zero-order valence-electron chi connectivity index (χ0n) is 13.5. The third kappa shape index (κ3) is 4.38. The van der Waals surface area contributed by atoms with Crippen LogP contribution in [0.25, 0.3) is 0 Å². The second-order valence-electron chi connectivity index (χ2n) is 6.42. The Balaban J connectivity index is 1.87. The maximum atomic E-state index is 11.7. The standard InChI is InChI=1S/C16H23N3O3/c1-10(19-15(20)22-16(2,3)4)9-21-14-6-12-8-18-7-11(12)5-13(14)17/h5-7,10H,8-9,17H2,1-4H3,(H,19,20)/t10-/m1/s1. The van der Waals surface area contributed by atoms with Crippen LogP contribution in [0.1, 0.15) is 38.8 Å². The summed E-state index contributed by atoms with van der Waals surface area (Å²) < 4.78 is 10.9. The molecule has 6 heteroatoms. The smallest absolute Gasteiger partial charge is 0.407 e. The summed E-state index contributed by atoms with van der Waals surface area (Å²) in [7, 11) is 0. The quantitative estimate of drug-likeness (QED) is 0.837. The van der Waals surface area contributed by atoms with Gasteiger partial charge in [-0.15, -0.1) is 0 Å². The van der Waals surface area contributed by atoms with Gasteiger partial charge in [0.2, 0.25) is 0 Å². The van der Waals surface area contributed by atoms with Crippen LogP contribution in [-0.2, 0) is 11.3 Å². The van der Waals surface area contributed by atoms with Gasteiger partial charge in [-0.2, -0.15) is 0 Å². The number of aliphatic imine (C=N–C) groups is 1. The molecular formula is C16H23N3O3. The predicted octanol–water partition coefficient (Wildman–Crippen LogP) is 2.49. The molecule has 1 aromatic carbocycles. The summed E-state index contributed by atoms with van der Waals surface area (Å²) >= 11 is 0. The molecule has 1 aliphatic rings. The average molecular weight is 305 g/mol. The Morgan fingerprint density at radius 3 is 2.86 bits per heavy atom. The van der Waals surface area contributed by atoms with Crippen LogP contribution < -0.4 is 15.8 Å². The molecule has 1 heterocycles. The summed E-state index contributed by atoms with van der Waals surface area (Å²) in [6.45, 7) is 8.26. The molecule has 22 heavy (non-hydrogen) atoms. The van der Waals surface area contributed by atoms with Crippen LogP contribution in [-0.4, -0.2) is 30.6 Å². The Morgan fingerprint density at radius 1 is 1.45 bits per heavy atom. The fourth-order valence-electron chi connectivity index (χ4n) is 2.05. The lowest BCUT2D eigenvalue weighted by molar-refractivity contribution is 0.0494. The van der Waals surface area contributed by atoms with Crippen LogP contribution in [0.2, 0.25) is 0 Å². The molecule has 3 N–H and O–H groups in total. The van der Waals surface area contributed by atoms with Crippen molar-refractivity contribution in [2.24, 2.45) is 4.99 Å². The third-order valence-electron chi connectivity index (χ3n) is 3.02. The number of alkyl carbamates (subject to hydrolysis) is 1. The van der Waals surface area contributed by atoms with Gasteiger partial charge in [0.05, 0.1) is 18.3 Å². The van der Waals surface area contributed by atoms with Crippen LogP contribution in [0.3, 0.4) is 0 Å². The molecule has 0 fully saturated rings. The molecule has 0 radical (unpaired) electrons. The number of nitrogens with one attached hydrogen (secondary N) is 1. The van der Waals surface area contributed by atoms with E-state index in [0.717, 1.165) is 11.1 Å². The summed E-state index contributed by atoms with van der Waals surface area (Å²) in [5, 5.41) is 2.73. The minimum absolute atomic E-state index is 0.196. The van der Waals surface area contributed by atoms with Crippen molar-refractivity contribution in [3.63, 3.8) is 0 Å². The summed E-state index contributed by atoms with van der Waals surface area (Å²) in [5.41, 5.74) is 8.14. The Hall–Kier alpha value is -2.24. The molecule has 120 valence electrons. The Kier molecular flexibility index (Phi) is 4.59. The molecule has 1 atom stereocenters. The molecule has 1 aliphatic heterocycles. The van der Waals surface area contributed by atoms with Crippen molar-refractivity contribution >= 4 is 18.0 Å². The normalized spacial score (nSPS) is 14.4. The Bertz CT molecular complexity index is 591. The van der Waals surface area contributed by atoms with E-state index in [9.17, 15) is 4.79 Å². The van der Waals surface area contributed by atoms with Crippen molar-refractivity contribution in [1.82, 2.24) is 5.32 Å². The predicted molar refractivity (Wildman–Crippen MR) is 86.5 cm³/mol. The van der Waals surface area contributed by atoms with E-state index in [1.807, 2.05) is 46.0 Å². The zero-order chi connectivity index (χ0) is 16.3. The maximum Gasteiger partial charge on any atom is 0.407 e. The monoisotopic (exact) mass is 305 g/mol. The minimum Gasteiger partial charge on any atom is -0.489 e. The molecule has 0 aromatic heterocycles. The molecule has 0 unspecified atom stereocenters. The number of carbonyl (C=O) groups excluding carboxylic acids is 1. The molecular weight excluding hydrogens is 282 g/mol. The first-order valence-corrected chi connectivity index (χ1v) is 7.29. The minimum atomic E-state index is -0.519. The summed E-state index contributed by atoms with van der Waals surface area (Å²) in [5.74, 6) is 0.613. The summed E-state index contributed by atoms with van der Waals surface area (Å²) in [6, 6.07) is 3.56. The van der Waals surface area contributed by atoms with Crippen molar-refractivity contribution < 1.29 is 14.3 Å². The number of benzene rings is 1. The van der Waals surface area contributed by atoms with Crippen LogP contribution in [0.15, 0.2) is 17.1 Å². The highest BCUT2D eigenvalue weighted by Crippen LogP contribution is 2.28. The van der Waals surface area contributed by atoms with E-state index in [1.165, 1.54) is 0 Å². The number of hydrogen-bond acceptors (Lipinski definition) is 5. The van der Waals surface area contributed by atoms with Crippen molar-refractivity contribution in [2.45, 2.75) is 45.9 Å². The molecule has 0 saturated heterocycles. The van der Waals surface area contributed by atoms with Gasteiger partial charge in [0, 0.05) is 6.21 Å². The van der Waals surface area contributed by atoms with Gasteiger partial charge in [0.1, 0.15) is 18.0 Å². The maximum absolute atomic E-state index is 11.7. The number of rotatable bonds is 4.